The smallest absolute Gasteiger partial charge is 0.135 e. The number of fused-ring (bicyclic) bond motifs is 15. The summed E-state index contributed by atoms with van der Waals surface area (Å²) in [6.07, 6.45) is 15.1. The number of allylic oxidation sites excluding steroid dienone is 4. The summed E-state index contributed by atoms with van der Waals surface area (Å²) >= 11 is 0. The molecule has 0 fully saturated rings. The molecule has 0 saturated heterocycles. The molecule has 0 amide bonds. The Morgan fingerprint density at radius 1 is 0.634 bits per heavy atom. The van der Waals surface area contributed by atoms with Crippen LogP contribution in [0.25, 0.3) is 62.1 Å². The van der Waals surface area contributed by atoms with E-state index in [9.17, 15) is 0 Å². The third kappa shape index (κ3) is 6.78. The van der Waals surface area contributed by atoms with E-state index in [0.717, 1.165) is 68.2 Å². The molecule has 0 N–H and O–H groups in total. The summed E-state index contributed by atoms with van der Waals surface area (Å²) in [6.45, 7) is 8.75. The summed E-state index contributed by atoms with van der Waals surface area (Å²) in [7, 11) is 0. The Morgan fingerprint density at radius 3 is 2.08 bits per heavy atom. The van der Waals surface area contributed by atoms with Gasteiger partial charge in [-0.3, -0.25) is 4.99 Å². The van der Waals surface area contributed by atoms with Gasteiger partial charge in [0, 0.05) is 27.6 Å². The maximum Gasteiger partial charge on any atom is 0.135 e. The van der Waals surface area contributed by atoms with Crippen molar-refractivity contribution in [2.45, 2.75) is 43.6 Å². The van der Waals surface area contributed by atoms with E-state index in [4.69, 9.17) is 14.4 Å². The van der Waals surface area contributed by atoms with Crippen molar-refractivity contribution >= 4 is 40.2 Å². The highest BCUT2D eigenvalue weighted by Gasteiger charge is 2.53. The van der Waals surface area contributed by atoms with Crippen LogP contribution in [-0.4, -0.2) is 11.5 Å². The fraction of sp³-hybridized carbons (Fsp3) is 0.118. The lowest BCUT2D eigenvalue weighted by Crippen LogP contribution is -2.31. The Balaban J connectivity index is 0.905. The molecule has 13 rings (SSSR count). The minimum absolute atomic E-state index is 0.0791. The van der Waals surface area contributed by atoms with Gasteiger partial charge in [0.2, 0.25) is 0 Å². The molecule has 3 nitrogen and oxygen atoms in total. The van der Waals surface area contributed by atoms with Crippen molar-refractivity contribution in [3.63, 3.8) is 0 Å². The number of hydrogen-bond donors (Lipinski definition) is 0. The van der Waals surface area contributed by atoms with Gasteiger partial charge in [-0.1, -0.05) is 207 Å². The van der Waals surface area contributed by atoms with Gasteiger partial charge in [0.25, 0.3) is 0 Å². The van der Waals surface area contributed by atoms with E-state index in [-0.39, 0.29) is 17.4 Å². The number of benzene rings is 8. The first kappa shape index (κ1) is 42.7. The summed E-state index contributed by atoms with van der Waals surface area (Å²) in [6, 6.07) is 71.0. The first-order valence-corrected chi connectivity index (χ1v) is 25.0. The fourth-order valence-electron chi connectivity index (χ4n) is 12.3. The molecule has 4 atom stereocenters. The Bertz CT molecular complexity index is 3900. The van der Waals surface area contributed by atoms with Crippen LogP contribution in [0.1, 0.15) is 77.2 Å². The van der Waals surface area contributed by atoms with E-state index in [1.165, 1.54) is 61.2 Å². The van der Waals surface area contributed by atoms with Crippen LogP contribution in [0.5, 0.6) is 0 Å². The highest BCUT2D eigenvalue weighted by molar-refractivity contribution is 6.09. The quantitative estimate of drug-likeness (QED) is 0.0892. The zero-order valence-electron chi connectivity index (χ0n) is 40.0. The van der Waals surface area contributed by atoms with Gasteiger partial charge in [0.15, 0.2) is 0 Å². The summed E-state index contributed by atoms with van der Waals surface area (Å²) < 4.78 is 6.39. The van der Waals surface area contributed by atoms with Crippen molar-refractivity contribution in [1.29, 1.82) is 0 Å². The van der Waals surface area contributed by atoms with Crippen LogP contribution in [0.3, 0.4) is 0 Å². The lowest BCUT2D eigenvalue weighted by atomic mass is 9.64. The third-order valence-electron chi connectivity index (χ3n) is 15.8. The Labute approximate surface area is 415 Å². The Hall–Kier alpha value is -8.40. The average molecular weight is 913 g/mol. The summed E-state index contributed by atoms with van der Waals surface area (Å²) in [5.74, 6) is 0.673. The molecule has 0 radical (unpaired) electrons. The molecule has 71 heavy (non-hydrogen) atoms. The van der Waals surface area contributed by atoms with Crippen molar-refractivity contribution in [1.82, 2.24) is 0 Å². The second-order valence-corrected chi connectivity index (χ2v) is 19.7. The average Bonchev–Trinajstić information content (AvgIpc) is 3.93. The van der Waals surface area contributed by atoms with E-state index in [1.807, 2.05) is 24.3 Å². The molecule has 0 aliphatic heterocycles. The van der Waals surface area contributed by atoms with Crippen LogP contribution in [0, 0.1) is 5.92 Å². The fourth-order valence-corrected chi connectivity index (χ4v) is 12.3. The second-order valence-electron chi connectivity index (χ2n) is 19.7. The molecule has 4 aliphatic rings. The number of furan rings is 1. The highest BCUT2D eigenvalue weighted by atomic mass is 16.3. The van der Waals surface area contributed by atoms with E-state index in [2.05, 4.69) is 227 Å². The molecule has 0 saturated carbocycles. The monoisotopic (exact) mass is 912 g/mol. The first-order chi connectivity index (χ1) is 34.9. The number of hydrogen-bond acceptors (Lipinski definition) is 2. The maximum atomic E-state index is 6.39. The summed E-state index contributed by atoms with van der Waals surface area (Å²) in [4.78, 5) is 10.7. The lowest BCUT2D eigenvalue weighted by molar-refractivity contribution is 0.569. The van der Waals surface area contributed by atoms with E-state index in [1.54, 1.807) is 0 Å². The van der Waals surface area contributed by atoms with E-state index < -0.39 is 5.41 Å². The molecular weight excluding hydrogens is 861 g/mol. The van der Waals surface area contributed by atoms with Crippen LogP contribution >= 0.6 is 0 Å². The van der Waals surface area contributed by atoms with E-state index >= 15 is 0 Å². The molecule has 4 aliphatic carbocycles. The highest BCUT2D eigenvalue weighted by Crippen LogP contribution is 2.63. The van der Waals surface area contributed by atoms with Crippen molar-refractivity contribution in [3.8, 4) is 33.4 Å². The van der Waals surface area contributed by atoms with Crippen molar-refractivity contribution in [3.05, 3.63) is 280 Å². The molecular formula is C68H52N2O. The molecule has 340 valence electrons. The van der Waals surface area contributed by atoms with Gasteiger partial charge >= 0.3 is 0 Å². The van der Waals surface area contributed by atoms with E-state index in [0.29, 0.717) is 0 Å². The lowest BCUT2D eigenvalue weighted by Gasteiger charge is -2.37. The third-order valence-corrected chi connectivity index (χ3v) is 15.8. The first-order valence-electron chi connectivity index (χ1n) is 25.0. The zero-order chi connectivity index (χ0) is 47.7. The molecule has 1 spiro atoms. The van der Waals surface area contributed by atoms with Crippen molar-refractivity contribution in [2.75, 3.05) is 0 Å². The van der Waals surface area contributed by atoms with Crippen LogP contribution < -0.4 is 10.6 Å². The van der Waals surface area contributed by atoms with Gasteiger partial charge in [-0.05, 0) is 134 Å². The normalized spacial score (nSPS) is 20.0. The van der Waals surface area contributed by atoms with Gasteiger partial charge in [-0.15, -0.1) is 6.58 Å². The Morgan fingerprint density at radius 2 is 1.28 bits per heavy atom. The van der Waals surface area contributed by atoms with Crippen molar-refractivity contribution in [2.24, 2.45) is 15.9 Å². The largest absolute Gasteiger partial charge is 0.456 e. The predicted molar refractivity (Wildman–Crippen MR) is 295 cm³/mol. The molecule has 0 bridgehead atoms. The minimum atomic E-state index is -0.518. The molecule has 9 aromatic rings. The van der Waals surface area contributed by atoms with Crippen LogP contribution in [0.2, 0.25) is 0 Å². The topological polar surface area (TPSA) is 37.9 Å². The molecule has 3 heteroatoms. The Kier molecular flexibility index (Phi) is 10.2. The molecule has 4 unspecified atom stereocenters. The minimum Gasteiger partial charge on any atom is -0.456 e. The van der Waals surface area contributed by atoms with Gasteiger partial charge in [0.05, 0.1) is 11.5 Å². The SMILES string of the molecule is C=CC(/N=C(\N=C(/C)c1cccc(-c2cccc(-c3ccc4c(c3)C3(c5ccccc5C5=CC=CCC5(C)c5ccccc53)c3ccccc3-4)c2)c1)C1C=c2oc3ccccc3c2=CC1)c1ccccc1. The molecule has 8 aromatic carbocycles. The number of nitrogens with zero attached hydrogens (tertiary/aromatic N) is 2. The van der Waals surface area contributed by atoms with Gasteiger partial charge < -0.3 is 4.42 Å². The number of aliphatic imine (C=N–C) groups is 2. The maximum absolute atomic E-state index is 6.39. The van der Waals surface area contributed by atoms with Gasteiger partial charge in [0.1, 0.15) is 16.8 Å². The van der Waals surface area contributed by atoms with Crippen LogP contribution in [-0.2, 0) is 10.8 Å². The molecule has 1 heterocycles. The summed E-state index contributed by atoms with van der Waals surface area (Å²) in [5.41, 5.74) is 20.8. The van der Waals surface area contributed by atoms with Crippen LogP contribution in [0.15, 0.2) is 239 Å². The van der Waals surface area contributed by atoms with Crippen molar-refractivity contribution < 1.29 is 4.42 Å². The summed E-state index contributed by atoms with van der Waals surface area (Å²) in [5, 5.41) is 2.27. The van der Waals surface area contributed by atoms with Gasteiger partial charge in [-0.2, -0.15) is 0 Å². The standard InChI is InChI=1S/C68H52N2O/c1-4-63(45-20-6-5-7-21-45)70-66(51-36-38-55-54-27-10-15-34-64(54)71-65(55)43-51)69-44(2)46-22-18-23-47(40-46)48-24-19-25-49(41-48)50-35-37-53-52-26-8-11-30-58(52)68(62(53)42-50)59-31-12-9-28-56(59)57-29-16-17-39-67(57,3)60-32-13-14-33-61(60)68/h4-35,37-38,40-43,51,63H,1,36,39H2,2-3H3/b69-44+,70-66-. The second kappa shape index (κ2) is 16.9. The molecule has 1 aromatic heterocycles. The number of rotatable bonds is 7. The number of amidine groups is 1. The zero-order valence-corrected chi connectivity index (χ0v) is 40.0. The number of para-hydroxylation sites is 1. The predicted octanol–water partition coefficient (Wildman–Crippen LogP) is 15.2. The van der Waals surface area contributed by atoms with Gasteiger partial charge in [-0.25, -0.2) is 4.99 Å². The van der Waals surface area contributed by atoms with Crippen LogP contribution in [0.4, 0.5) is 0 Å².